The molecule has 0 spiro atoms. The van der Waals surface area contributed by atoms with Crippen molar-refractivity contribution >= 4 is 5.97 Å². The Morgan fingerprint density at radius 3 is 2.81 bits per heavy atom. The highest BCUT2D eigenvalue weighted by Crippen LogP contribution is 2.42. The fourth-order valence-corrected chi connectivity index (χ4v) is 4.26. The van der Waals surface area contributed by atoms with Gasteiger partial charge in [-0.25, -0.2) is 4.79 Å². The van der Waals surface area contributed by atoms with Crippen molar-refractivity contribution in [2.75, 3.05) is 33.0 Å². The standard InChI is InChI=1S/C26H28O6/c1-2-11-31-26(28)24-16-19(17-25(32-24)30-14-13-29-12-10-27)21-8-5-9-22-20-7-4-3-6-18(20)15-23(21)22/h2-9,16,19,25,27H,1,10-15,17H2/t19-,25+/m1/s1. The van der Waals surface area contributed by atoms with E-state index in [0.29, 0.717) is 19.6 Å². The molecule has 0 saturated heterocycles. The summed E-state index contributed by atoms with van der Waals surface area (Å²) in [5, 5.41) is 8.83. The van der Waals surface area contributed by atoms with Gasteiger partial charge >= 0.3 is 5.97 Å². The molecule has 1 N–H and O–H groups in total. The quantitative estimate of drug-likeness (QED) is 0.297. The normalized spacial score (nSPS) is 18.8. The number of fused-ring (bicyclic) bond motifs is 3. The van der Waals surface area contributed by atoms with E-state index in [2.05, 4.69) is 49.0 Å². The second kappa shape index (κ2) is 10.6. The summed E-state index contributed by atoms with van der Waals surface area (Å²) >= 11 is 0. The van der Waals surface area contributed by atoms with Gasteiger partial charge < -0.3 is 24.1 Å². The van der Waals surface area contributed by atoms with Crippen LogP contribution in [-0.2, 0) is 30.2 Å². The zero-order chi connectivity index (χ0) is 22.3. The smallest absolute Gasteiger partial charge is 0.373 e. The molecule has 1 heterocycles. The molecule has 6 nitrogen and oxygen atoms in total. The van der Waals surface area contributed by atoms with Crippen molar-refractivity contribution in [2.24, 2.45) is 0 Å². The van der Waals surface area contributed by atoms with Crippen molar-refractivity contribution in [3.05, 3.63) is 83.6 Å². The van der Waals surface area contributed by atoms with Crippen molar-refractivity contribution in [2.45, 2.75) is 25.0 Å². The number of carbonyl (C=O) groups is 1. The number of hydrogen-bond donors (Lipinski definition) is 1. The van der Waals surface area contributed by atoms with E-state index >= 15 is 0 Å². The first-order valence-corrected chi connectivity index (χ1v) is 10.9. The Bertz CT molecular complexity index is 996. The summed E-state index contributed by atoms with van der Waals surface area (Å²) in [6, 6.07) is 14.8. The van der Waals surface area contributed by atoms with Gasteiger partial charge in [-0.3, -0.25) is 0 Å². The van der Waals surface area contributed by atoms with Crippen LogP contribution in [0.25, 0.3) is 11.1 Å². The Hall–Kier alpha value is -2.93. The summed E-state index contributed by atoms with van der Waals surface area (Å²) in [6.45, 7) is 4.55. The Kier molecular flexibility index (Phi) is 7.37. The van der Waals surface area contributed by atoms with Crippen molar-refractivity contribution in [3.8, 4) is 11.1 Å². The van der Waals surface area contributed by atoms with Gasteiger partial charge in [-0.15, -0.1) is 0 Å². The van der Waals surface area contributed by atoms with Gasteiger partial charge in [-0.05, 0) is 40.3 Å². The number of carbonyl (C=O) groups excluding carboxylic acids is 1. The van der Waals surface area contributed by atoms with Crippen LogP contribution in [0.1, 0.15) is 29.0 Å². The highest BCUT2D eigenvalue weighted by Gasteiger charge is 2.32. The van der Waals surface area contributed by atoms with E-state index in [0.717, 1.165) is 6.42 Å². The van der Waals surface area contributed by atoms with E-state index < -0.39 is 12.3 Å². The van der Waals surface area contributed by atoms with Crippen LogP contribution in [0.2, 0.25) is 0 Å². The molecule has 32 heavy (non-hydrogen) atoms. The lowest BCUT2D eigenvalue weighted by Gasteiger charge is -2.30. The third-order valence-electron chi connectivity index (χ3n) is 5.64. The van der Waals surface area contributed by atoms with Crippen LogP contribution < -0.4 is 0 Å². The van der Waals surface area contributed by atoms with Gasteiger partial charge in [-0.1, -0.05) is 55.1 Å². The summed E-state index contributed by atoms with van der Waals surface area (Å²) in [5.74, 6) is -0.435. The molecule has 2 atom stereocenters. The van der Waals surface area contributed by atoms with Crippen LogP contribution >= 0.6 is 0 Å². The van der Waals surface area contributed by atoms with Gasteiger partial charge in [0.2, 0.25) is 12.0 Å². The largest absolute Gasteiger partial charge is 0.458 e. The van der Waals surface area contributed by atoms with Crippen LogP contribution in [-0.4, -0.2) is 50.4 Å². The van der Waals surface area contributed by atoms with Gasteiger partial charge in [0, 0.05) is 12.3 Å². The number of benzene rings is 2. The Labute approximate surface area is 188 Å². The molecule has 1 aliphatic heterocycles. The second-order valence-corrected chi connectivity index (χ2v) is 7.72. The van der Waals surface area contributed by atoms with Gasteiger partial charge in [0.15, 0.2) is 0 Å². The molecular formula is C26H28O6. The lowest BCUT2D eigenvalue weighted by Crippen LogP contribution is -2.29. The van der Waals surface area contributed by atoms with Gasteiger partial charge in [0.05, 0.1) is 26.4 Å². The maximum Gasteiger partial charge on any atom is 0.373 e. The number of hydrogen-bond acceptors (Lipinski definition) is 6. The minimum atomic E-state index is -0.603. The average Bonchev–Trinajstić information content (AvgIpc) is 3.21. The van der Waals surface area contributed by atoms with Crippen molar-refractivity contribution in [1.29, 1.82) is 0 Å². The highest BCUT2D eigenvalue weighted by molar-refractivity contribution is 5.87. The number of esters is 1. The zero-order valence-corrected chi connectivity index (χ0v) is 18.0. The van der Waals surface area contributed by atoms with Crippen LogP contribution in [0, 0.1) is 0 Å². The van der Waals surface area contributed by atoms with E-state index in [1.807, 2.05) is 6.08 Å². The number of allylic oxidation sites excluding steroid dienone is 1. The van der Waals surface area contributed by atoms with Crippen molar-refractivity contribution < 1.29 is 28.8 Å². The second-order valence-electron chi connectivity index (χ2n) is 7.72. The predicted octanol–water partition coefficient (Wildman–Crippen LogP) is 3.73. The fourth-order valence-electron chi connectivity index (χ4n) is 4.26. The third kappa shape index (κ3) is 4.93. The fraction of sp³-hybridized carbons (Fsp3) is 0.346. The van der Waals surface area contributed by atoms with E-state index in [-0.39, 0.29) is 31.5 Å². The van der Waals surface area contributed by atoms with Gasteiger partial charge in [0.1, 0.15) is 6.61 Å². The monoisotopic (exact) mass is 436 g/mol. The minimum Gasteiger partial charge on any atom is -0.458 e. The Morgan fingerprint density at radius 2 is 1.97 bits per heavy atom. The van der Waals surface area contributed by atoms with Crippen LogP contribution in [0.15, 0.2) is 67.0 Å². The molecule has 4 rings (SSSR count). The topological polar surface area (TPSA) is 74.2 Å². The Morgan fingerprint density at radius 1 is 1.12 bits per heavy atom. The predicted molar refractivity (Wildman–Crippen MR) is 120 cm³/mol. The van der Waals surface area contributed by atoms with Gasteiger partial charge in [0.25, 0.3) is 0 Å². The Balaban J connectivity index is 1.57. The van der Waals surface area contributed by atoms with Crippen LogP contribution in [0.3, 0.4) is 0 Å². The molecule has 0 radical (unpaired) electrons. The average molecular weight is 437 g/mol. The molecule has 2 aromatic carbocycles. The summed E-state index contributed by atoms with van der Waals surface area (Å²) in [7, 11) is 0. The maximum absolute atomic E-state index is 12.5. The third-order valence-corrected chi connectivity index (χ3v) is 5.64. The number of rotatable bonds is 10. The summed E-state index contributed by atoms with van der Waals surface area (Å²) in [5.41, 5.74) is 6.26. The summed E-state index contributed by atoms with van der Waals surface area (Å²) in [4.78, 5) is 12.5. The number of ether oxygens (including phenoxy) is 4. The molecule has 1 aliphatic carbocycles. The number of aliphatic hydroxyl groups excluding tert-OH is 1. The molecule has 0 amide bonds. The first-order chi connectivity index (χ1) is 15.7. The molecular weight excluding hydrogens is 408 g/mol. The van der Waals surface area contributed by atoms with Gasteiger partial charge in [-0.2, -0.15) is 0 Å². The molecule has 0 fully saturated rings. The molecule has 168 valence electrons. The highest BCUT2D eigenvalue weighted by atomic mass is 16.7. The van der Waals surface area contributed by atoms with E-state index in [4.69, 9.17) is 24.1 Å². The molecule has 0 saturated carbocycles. The SMILES string of the molecule is C=CCOC(=O)C1=C[C@@H](c2cccc3c2Cc2ccccc2-3)C[C@@H](OCCOCCO)O1. The lowest BCUT2D eigenvalue weighted by molar-refractivity contribution is -0.163. The zero-order valence-electron chi connectivity index (χ0n) is 18.0. The lowest BCUT2D eigenvalue weighted by atomic mass is 9.87. The van der Waals surface area contributed by atoms with Crippen LogP contribution in [0.4, 0.5) is 0 Å². The van der Waals surface area contributed by atoms with E-state index in [1.165, 1.54) is 33.9 Å². The molecule has 0 bridgehead atoms. The molecule has 0 aromatic heterocycles. The van der Waals surface area contributed by atoms with Crippen molar-refractivity contribution in [3.63, 3.8) is 0 Å². The molecule has 2 aromatic rings. The maximum atomic E-state index is 12.5. The minimum absolute atomic E-state index is 0.0362. The van der Waals surface area contributed by atoms with E-state index in [9.17, 15) is 4.79 Å². The van der Waals surface area contributed by atoms with Crippen LogP contribution in [0.5, 0.6) is 0 Å². The first-order valence-electron chi connectivity index (χ1n) is 10.9. The van der Waals surface area contributed by atoms with Crippen molar-refractivity contribution in [1.82, 2.24) is 0 Å². The van der Waals surface area contributed by atoms with E-state index in [1.54, 1.807) is 0 Å². The first kappa shape index (κ1) is 22.3. The molecule has 6 heteroatoms. The summed E-state index contributed by atoms with van der Waals surface area (Å²) in [6.07, 6.45) is 4.20. The summed E-state index contributed by atoms with van der Waals surface area (Å²) < 4.78 is 22.1. The molecule has 2 aliphatic rings. The number of aliphatic hydroxyl groups is 1. The molecule has 0 unspecified atom stereocenters.